The van der Waals surface area contributed by atoms with Crippen LogP contribution in [0.25, 0.3) is 5.69 Å². The molecule has 0 fully saturated rings. The predicted octanol–water partition coefficient (Wildman–Crippen LogP) is 2.39. The van der Waals surface area contributed by atoms with Gasteiger partial charge in [-0.3, -0.25) is 0 Å². The fourth-order valence-corrected chi connectivity index (χ4v) is 2.44. The Hall–Kier alpha value is -2.53. The Morgan fingerprint density at radius 3 is 2.76 bits per heavy atom. The maximum absolute atomic E-state index is 12.0. The van der Waals surface area contributed by atoms with Gasteiger partial charge in [0.15, 0.2) is 0 Å². The van der Waals surface area contributed by atoms with E-state index in [4.69, 9.17) is 17.3 Å². The van der Waals surface area contributed by atoms with Crippen molar-refractivity contribution in [2.45, 2.75) is 6.42 Å². The van der Waals surface area contributed by atoms with Gasteiger partial charge in [-0.25, -0.2) is 14.5 Å². The van der Waals surface area contributed by atoms with Gasteiger partial charge in [-0.15, -0.1) is 0 Å². The van der Waals surface area contributed by atoms with Crippen molar-refractivity contribution in [2.24, 2.45) is 0 Å². The van der Waals surface area contributed by atoms with Crippen LogP contribution in [0, 0.1) is 0 Å². The van der Waals surface area contributed by atoms with E-state index in [9.17, 15) is 4.79 Å². The van der Waals surface area contributed by atoms with Crippen LogP contribution in [0.1, 0.15) is 11.4 Å². The van der Waals surface area contributed by atoms with E-state index < -0.39 is 0 Å². The number of nitrogens with two attached hydrogens (primary N) is 1. The number of aromatic nitrogens is 3. The molecule has 21 heavy (non-hydrogen) atoms. The summed E-state index contributed by atoms with van der Waals surface area (Å²) in [6.45, 7) is 0. The van der Waals surface area contributed by atoms with Crippen molar-refractivity contribution in [1.82, 2.24) is 14.8 Å². The van der Waals surface area contributed by atoms with Gasteiger partial charge in [0.05, 0.1) is 10.7 Å². The number of halogens is 1. The molecule has 0 aliphatic heterocycles. The number of H-pyrrole nitrogens is 1. The summed E-state index contributed by atoms with van der Waals surface area (Å²) in [5.74, 6) is 0.582. The van der Waals surface area contributed by atoms with Gasteiger partial charge in [0.25, 0.3) is 0 Å². The Labute approximate surface area is 126 Å². The molecule has 6 heteroatoms. The topological polar surface area (TPSA) is 76.7 Å². The zero-order chi connectivity index (χ0) is 14.8. The first-order valence-corrected chi connectivity index (χ1v) is 6.78. The zero-order valence-electron chi connectivity index (χ0n) is 11.1. The lowest BCUT2D eigenvalue weighted by atomic mass is 10.1. The molecule has 0 saturated carbocycles. The number of nitrogen functional groups attached to an aromatic ring is 1. The lowest BCUT2D eigenvalue weighted by Gasteiger charge is -2.08. The Kier molecular flexibility index (Phi) is 3.50. The van der Waals surface area contributed by atoms with E-state index in [-0.39, 0.29) is 5.69 Å². The van der Waals surface area contributed by atoms with Crippen LogP contribution in [0.3, 0.4) is 0 Å². The van der Waals surface area contributed by atoms with E-state index in [2.05, 4.69) is 10.2 Å². The summed E-state index contributed by atoms with van der Waals surface area (Å²) in [4.78, 5) is 12.0. The number of benzene rings is 2. The second-order valence-corrected chi connectivity index (χ2v) is 5.06. The molecule has 0 amide bonds. The van der Waals surface area contributed by atoms with Crippen LogP contribution in [0.2, 0.25) is 5.02 Å². The molecule has 0 aliphatic carbocycles. The SMILES string of the molecule is Nc1cccc(Cc2n[nH]c(=O)n2-c2ccccc2Cl)c1. The van der Waals surface area contributed by atoms with Crippen LogP contribution < -0.4 is 11.4 Å². The molecule has 0 bridgehead atoms. The van der Waals surface area contributed by atoms with Gasteiger partial charge in [-0.2, -0.15) is 5.10 Å². The first kappa shape index (κ1) is 13.5. The number of nitrogens with zero attached hydrogens (tertiary/aromatic N) is 2. The molecule has 0 saturated heterocycles. The average molecular weight is 301 g/mol. The quantitative estimate of drug-likeness (QED) is 0.729. The molecule has 0 spiro atoms. The molecule has 2 aromatic carbocycles. The lowest BCUT2D eigenvalue weighted by Crippen LogP contribution is -2.17. The second-order valence-electron chi connectivity index (χ2n) is 4.65. The number of aromatic amines is 1. The van der Waals surface area contributed by atoms with Gasteiger partial charge >= 0.3 is 5.69 Å². The van der Waals surface area contributed by atoms with Gasteiger partial charge in [-0.05, 0) is 29.8 Å². The molecule has 0 atom stereocenters. The highest BCUT2D eigenvalue weighted by atomic mass is 35.5. The maximum Gasteiger partial charge on any atom is 0.348 e. The number of rotatable bonds is 3. The molecule has 0 radical (unpaired) electrons. The maximum atomic E-state index is 12.0. The molecule has 0 unspecified atom stereocenters. The van der Waals surface area contributed by atoms with Gasteiger partial charge in [0.2, 0.25) is 0 Å². The van der Waals surface area contributed by atoms with E-state index in [1.165, 1.54) is 4.57 Å². The summed E-state index contributed by atoms with van der Waals surface area (Å²) >= 11 is 6.17. The van der Waals surface area contributed by atoms with Crippen molar-refractivity contribution in [2.75, 3.05) is 5.73 Å². The van der Waals surface area contributed by atoms with Crippen LogP contribution in [0.15, 0.2) is 53.3 Å². The zero-order valence-corrected chi connectivity index (χ0v) is 11.8. The molecular weight excluding hydrogens is 288 g/mol. The van der Waals surface area contributed by atoms with Gasteiger partial charge in [0, 0.05) is 12.1 Å². The summed E-state index contributed by atoms with van der Waals surface area (Å²) in [5, 5.41) is 7.04. The van der Waals surface area contributed by atoms with Crippen molar-refractivity contribution in [1.29, 1.82) is 0 Å². The van der Waals surface area contributed by atoms with Crippen molar-refractivity contribution in [3.63, 3.8) is 0 Å². The van der Waals surface area contributed by atoms with Gasteiger partial charge in [0.1, 0.15) is 5.82 Å². The van der Waals surface area contributed by atoms with Gasteiger partial charge in [-0.1, -0.05) is 35.9 Å². The Balaban J connectivity index is 2.06. The highest BCUT2D eigenvalue weighted by Crippen LogP contribution is 2.20. The largest absolute Gasteiger partial charge is 0.399 e. The number of hydrogen-bond acceptors (Lipinski definition) is 3. The lowest BCUT2D eigenvalue weighted by molar-refractivity contribution is 0.893. The van der Waals surface area contributed by atoms with E-state index in [1.807, 2.05) is 36.4 Å². The first-order chi connectivity index (χ1) is 10.1. The van der Waals surface area contributed by atoms with Crippen molar-refractivity contribution >= 4 is 17.3 Å². The van der Waals surface area contributed by atoms with E-state index in [0.717, 1.165) is 5.56 Å². The monoisotopic (exact) mass is 300 g/mol. The van der Waals surface area contributed by atoms with Crippen molar-refractivity contribution in [3.8, 4) is 5.69 Å². The summed E-state index contributed by atoms with van der Waals surface area (Å²) in [7, 11) is 0. The normalized spacial score (nSPS) is 10.7. The molecule has 106 valence electrons. The van der Waals surface area contributed by atoms with Crippen LogP contribution in [0.5, 0.6) is 0 Å². The van der Waals surface area contributed by atoms with Crippen molar-refractivity contribution < 1.29 is 0 Å². The highest BCUT2D eigenvalue weighted by Gasteiger charge is 2.13. The molecule has 3 rings (SSSR count). The predicted molar refractivity (Wildman–Crippen MR) is 82.9 cm³/mol. The molecule has 3 N–H and O–H groups in total. The summed E-state index contributed by atoms with van der Waals surface area (Å²) < 4.78 is 1.48. The molecule has 5 nitrogen and oxygen atoms in total. The summed E-state index contributed by atoms with van der Waals surface area (Å²) in [6, 6.07) is 14.6. The minimum absolute atomic E-state index is 0.318. The van der Waals surface area contributed by atoms with Crippen LogP contribution in [0.4, 0.5) is 5.69 Å². The number of nitrogens with one attached hydrogen (secondary N) is 1. The van der Waals surface area contributed by atoms with Crippen LogP contribution in [-0.4, -0.2) is 14.8 Å². The van der Waals surface area contributed by atoms with Gasteiger partial charge < -0.3 is 5.73 Å². The summed E-state index contributed by atoms with van der Waals surface area (Å²) in [5.41, 5.74) is 7.71. The smallest absolute Gasteiger partial charge is 0.348 e. The van der Waals surface area contributed by atoms with E-state index >= 15 is 0 Å². The third-order valence-corrected chi connectivity index (χ3v) is 3.47. The van der Waals surface area contributed by atoms with Crippen molar-refractivity contribution in [3.05, 3.63) is 75.4 Å². The molecule has 1 aromatic heterocycles. The van der Waals surface area contributed by atoms with Crippen LogP contribution >= 0.6 is 11.6 Å². The Morgan fingerprint density at radius 2 is 2.00 bits per heavy atom. The van der Waals surface area contributed by atoms with E-state index in [0.29, 0.717) is 28.6 Å². The Morgan fingerprint density at radius 1 is 1.19 bits per heavy atom. The van der Waals surface area contributed by atoms with E-state index in [1.54, 1.807) is 12.1 Å². The number of hydrogen-bond donors (Lipinski definition) is 2. The standard InChI is InChI=1S/C15H13ClN4O/c16-12-6-1-2-7-13(12)20-14(18-19-15(20)21)9-10-4-3-5-11(17)8-10/h1-8H,9,17H2,(H,19,21). The number of para-hydroxylation sites is 1. The minimum Gasteiger partial charge on any atom is -0.399 e. The molecule has 1 heterocycles. The number of anilines is 1. The Bertz CT molecular complexity index is 837. The molecule has 3 aromatic rings. The third kappa shape index (κ3) is 2.68. The summed E-state index contributed by atoms with van der Waals surface area (Å²) in [6.07, 6.45) is 0.481. The highest BCUT2D eigenvalue weighted by molar-refractivity contribution is 6.32. The van der Waals surface area contributed by atoms with Crippen LogP contribution in [-0.2, 0) is 6.42 Å². The minimum atomic E-state index is -0.318. The average Bonchev–Trinajstić information content (AvgIpc) is 2.81. The first-order valence-electron chi connectivity index (χ1n) is 6.41. The molecular formula is C15H13ClN4O. The fraction of sp³-hybridized carbons (Fsp3) is 0.0667. The molecule has 0 aliphatic rings. The second kappa shape index (κ2) is 5.46. The fourth-order valence-electron chi connectivity index (χ4n) is 2.22. The third-order valence-electron chi connectivity index (χ3n) is 3.15.